The van der Waals surface area contributed by atoms with Crippen LogP contribution in [0.25, 0.3) is 0 Å². The van der Waals surface area contributed by atoms with E-state index < -0.39 is 0 Å². The molecule has 1 aromatic carbocycles. The summed E-state index contributed by atoms with van der Waals surface area (Å²) in [5, 5.41) is 4.05. The van der Waals surface area contributed by atoms with Gasteiger partial charge < -0.3 is 0 Å². The molecule has 18 heavy (non-hydrogen) atoms. The quantitative estimate of drug-likeness (QED) is 0.852. The molecule has 0 aliphatic rings. The summed E-state index contributed by atoms with van der Waals surface area (Å²) in [4.78, 5) is 16.0. The van der Waals surface area contributed by atoms with Crippen LogP contribution in [0.1, 0.15) is 18.3 Å². The fourth-order valence-electron chi connectivity index (χ4n) is 1.76. The first kappa shape index (κ1) is 13.0. The monoisotopic (exact) mass is 307 g/mol. The van der Waals surface area contributed by atoms with Gasteiger partial charge in [0.1, 0.15) is 17.9 Å². The van der Waals surface area contributed by atoms with Crippen molar-refractivity contribution in [2.75, 3.05) is 0 Å². The van der Waals surface area contributed by atoms with Crippen molar-refractivity contribution in [3.8, 4) is 0 Å². The maximum absolute atomic E-state index is 11.9. The van der Waals surface area contributed by atoms with Gasteiger partial charge in [-0.25, -0.2) is 9.67 Å². The molecule has 0 aliphatic carbocycles. The molecule has 0 radical (unpaired) electrons. The molecular weight excluding hydrogens is 294 g/mol. The van der Waals surface area contributed by atoms with Gasteiger partial charge >= 0.3 is 0 Å². The van der Waals surface area contributed by atoms with Crippen molar-refractivity contribution >= 4 is 21.7 Å². The predicted octanol–water partition coefficient (Wildman–Crippen LogP) is 2.41. The number of nitrogens with zero attached hydrogens (tertiary/aromatic N) is 3. The van der Waals surface area contributed by atoms with Gasteiger partial charge in [0.05, 0.1) is 6.42 Å². The van der Waals surface area contributed by atoms with E-state index in [1.165, 1.54) is 6.33 Å². The van der Waals surface area contributed by atoms with Crippen LogP contribution in [0.4, 0.5) is 0 Å². The lowest BCUT2D eigenvalue weighted by atomic mass is 10.1. The predicted molar refractivity (Wildman–Crippen MR) is 72.3 cm³/mol. The standard InChI is InChI=1S/C13H14BrN3O/c1-2-17-13(15-9-16-17)8-12(18)7-10-3-5-11(14)6-4-10/h3-6,9H,2,7-8H2,1H3. The largest absolute Gasteiger partial charge is 0.299 e. The van der Waals surface area contributed by atoms with Crippen LogP contribution in [0.3, 0.4) is 0 Å². The Bertz CT molecular complexity index is 533. The van der Waals surface area contributed by atoms with Gasteiger partial charge in [0.15, 0.2) is 0 Å². The number of carbonyl (C=O) groups is 1. The highest BCUT2D eigenvalue weighted by Gasteiger charge is 2.10. The molecule has 0 fully saturated rings. The van der Waals surface area contributed by atoms with Crippen molar-refractivity contribution in [2.24, 2.45) is 0 Å². The molecule has 5 heteroatoms. The molecule has 0 unspecified atom stereocenters. The first-order chi connectivity index (χ1) is 8.69. The zero-order valence-electron chi connectivity index (χ0n) is 10.1. The van der Waals surface area contributed by atoms with Crippen molar-refractivity contribution in [3.63, 3.8) is 0 Å². The number of benzene rings is 1. The van der Waals surface area contributed by atoms with Crippen molar-refractivity contribution in [2.45, 2.75) is 26.3 Å². The minimum Gasteiger partial charge on any atom is -0.299 e. The highest BCUT2D eigenvalue weighted by molar-refractivity contribution is 9.10. The van der Waals surface area contributed by atoms with Gasteiger partial charge in [0, 0.05) is 17.4 Å². The zero-order chi connectivity index (χ0) is 13.0. The molecule has 94 valence electrons. The second kappa shape index (κ2) is 5.91. The first-order valence-corrected chi connectivity index (χ1v) is 6.61. The number of halogens is 1. The summed E-state index contributed by atoms with van der Waals surface area (Å²) in [6.45, 7) is 2.72. The van der Waals surface area contributed by atoms with E-state index in [0.29, 0.717) is 12.8 Å². The highest BCUT2D eigenvalue weighted by atomic mass is 79.9. The molecule has 1 heterocycles. The van der Waals surface area contributed by atoms with Crippen LogP contribution in [0, 0.1) is 0 Å². The van der Waals surface area contributed by atoms with Gasteiger partial charge in [0.2, 0.25) is 0 Å². The number of Topliss-reactive ketones (excluding diaryl/α,β-unsaturated/α-hetero) is 1. The number of carbonyl (C=O) groups excluding carboxylic acids is 1. The van der Waals surface area contributed by atoms with Crippen LogP contribution < -0.4 is 0 Å². The van der Waals surface area contributed by atoms with Gasteiger partial charge in [-0.15, -0.1) is 0 Å². The molecule has 0 aliphatic heterocycles. The zero-order valence-corrected chi connectivity index (χ0v) is 11.7. The van der Waals surface area contributed by atoms with E-state index in [-0.39, 0.29) is 5.78 Å². The topological polar surface area (TPSA) is 47.8 Å². The number of aryl methyl sites for hydroxylation is 1. The first-order valence-electron chi connectivity index (χ1n) is 5.82. The van der Waals surface area contributed by atoms with E-state index in [1.54, 1.807) is 4.68 Å². The fourth-order valence-corrected chi connectivity index (χ4v) is 2.02. The summed E-state index contributed by atoms with van der Waals surface area (Å²) < 4.78 is 2.77. The van der Waals surface area contributed by atoms with Crippen LogP contribution >= 0.6 is 15.9 Å². The van der Waals surface area contributed by atoms with Gasteiger partial charge in [0.25, 0.3) is 0 Å². The fraction of sp³-hybridized carbons (Fsp3) is 0.308. The minimum atomic E-state index is 0.153. The Balaban J connectivity index is 1.99. The molecule has 0 spiro atoms. The number of rotatable bonds is 5. The molecular formula is C13H14BrN3O. The summed E-state index contributed by atoms with van der Waals surface area (Å²) in [5.41, 5.74) is 1.02. The molecule has 4 nitrogen and oxygen atoms in total. The van der Waals surface area contributed by atoms with E-state index in [1.807, 2.05) is 31.2 Å². The lowest BCUT2D eigenvalue weighted by Crippen LogP contribution is -2.12. The third kappa shape index (κ3) is 3.26. The van der Waals surface area contributed by atoms with Crippen LogP contribution in [-0.2, 0) is 24.2 Å². The summed E-state index contributed by atoms with van der Waals surface area (Å²) in [5.74, 6) is 0.889. The third-order valence-corrected chi connectivity index (χ3v) is 3.19. The van der Waals surface area contributed by atoms with Crippen molar-refractivity contribution in [1.29, 1.82) is 0 Å². The van der Waals surface area contributed by atoms with Crippen LogP contribution in [0.2, 0.25) is 0 Å². The molecule has 0 saturated carbocycles. The van der Waals surface area contributed by atoms with Gasteiger partial charge in [-0.05, 0) is 24.6 Å². The van der Waals surface area contributed by atoms with Gasteiger partial charge in [-0.3, -0.25) is 4.79 Å². The Morgan fingerprint density at radius 2 is 2.00 bits per heavy atom. The lowest BCUT2D eigenvalue weighted by Gasteiger charge is -2.03. The number of hydrogen-bond acceptors (Lipinski definition) is 3. The van der Waals surface area contributed by atoms with Gasteiger partial charge in [-0.1, -0.05) is 28.1 Å². The van der Waals surface area contributed by atoms with Crippen molar-refractivity contribution in [3.05, 3.63) is 46.5 Å². The SMILES string of the molecule is CCn1ncnc1CC(=O)Cc1ccc(Br)cc1. The van der Waals surface area contributed by atoms with Crippen LogP contribution in [-0.4, -0.2) is 20.5 Å². The Morgan fingerprint density at radius 3 is 2.67 bits per heavy atom. The van der Waals surface area contributed by atoms with Crippen LogP contribution in [0.5, 0.6) is 0 Å². The minimum absolute atomic E-state index is 0.153. The maximum Gasteiger partial charge on any atom is 0.144 e. The summed E-state index contributed by atoms with van der Waals surface area (Å²) >= 11 is 3.37. The van der Waals surface area contributed by atoms with E-state index >= 15 is 0 Å². The smallest absolute Gasteiger partial charge is 0.144 e. The molecule has 2 aromatic rings. The summed E-state index contributed by atoms with van der Waals surface area (Å²) in [6.07, 6.45) is 2.26. The number of hydrogen-bond donors (Lipinski definition) is 0. The molecule has 0 bridgehead atoms. The average molecular weight is 308 g/mol. The third-order valence-electron chi connectivity index (χ3n) is 2.67. The molecule has 2 rings (SSSR count). The maximum atomic E-state index is 11.9. The van der Waals surface area contributed by atoms with Crippen LogP contribution in [0.15, 0.2) is 35.1 Å². The Hall–Kier alpha value is -1.49. The summed E-state index contributed by atoms with van der Waals surface area (Å²) in [7, 11) is 0. The second-order valence-electron chi connectivity index (χ2n) is 4.01. The van der Waals surface area contributed by atoms with Crippen molar-refractivity contribution in [1.82, 2.24) is 14.8 Å². The molecule has 0 N–H and O–H groups in total. The normalized spacial score (nSPS) is 10.6. The Morgan fingerprint density at radius 1 is 1.28 bits per heavy atom. The van der Waals surface area contributed by atoms with E-state index in [0.717, 1.165) is 22.4 Å². The highest BCUT2D eigenvalue weighted by Crippen LogP contribution is 2.11. The lowest BCUT2D eigenvalue weighted by molar-refractivity contribution is -0.117. The van der Waals surface area contributed by atoms with Gasteiger partial charge in [-0.2, -0.15) is 5.10 Å². The molecule has 0 atom stereocenters. The average Bonchev–Trinajstić information content (AvgIpc) is 2.79. The molecule has 0 amide bonds. The molecule has 1 aromatic heterocycles. The second-order valence-corrected chi connectivity index (χ2v) is 4.93. The Kier molecular flexibility index (Phi) is 4.25. The van der Waals surface area contributed by atoms with E-state index in [2.05, 4.69) is 26.0 Å². The number of ketones is 1. The number of aromatic nitrogens is 3. The summed E-state index contributed by atoms with van der Waals surface area (Å²) in [6, 6.07) is 7.79. The molecule has 0 saturated heterocycles. The van der Waals surface area contributed by atoms with E-state index in [4.69, 9.17) is 0 Å². The Labute approximate surface area is 114 Å². The van der Waals surface area contributed by atoms with E-state index in [9.17, 15) is 4.79 Å². The van der Waals surface area contributed by atoms with Crippen molar-refractivity contribution < 1.29 is 4.79 Å².